The van der Waals surface area contributed by atoms with E-state index in [0.29, 0.717) is 33.2 Å². The van der Waals surface area contributed by atoms with Crippen LogP contribution in [0, 0.1) is 18.3 Å². The number of aryl methyl sites for hydroxylation is 1. The summed E-state index contributed by atoms with van der Waals surface area (Å²) in [6.07, 6.45) is -0.269. The lowest BCUT2D eigenvalue weighted by molar-refractivity contribution is -0.113. The maximum atomic E-state index is 12.8. The van der Waals surface area contributed by atoms with E-state index in [-0.39, 0.29) is 29.8 Å². The van der Waals surface area contributed by atoms with Crippen LogP contribution in [0.3, 0.4) is 0 Å². The molecule has 0 aliphatic carbocycles. The van der Waals surface area contributed by atoms with Crippen molar-refractivity contribution in [2.75, 3.05) is 30.2 Å². The maximum Gasteiger partial charge on any atom is 0.234 e. The number of hydrogen-bond donors (Lipinski definition) is 4. The van der Waals surface area contributed by atoms with E-state index in [1.54, 1.807) is 12.1 Å². The zero-order valence-corrected chi connectivity index (χ0v) is 20.9. The molecule has 180 valence electrons. The van der Waals surface area contributed by atoms with E-state index in [2.05, 4.69) is 16.2 Å². The van der Waals surface area contributed by atoms with E-state index in [4.69, 9.17) is 31.5 Å². The van der Waals surface area contributed by atoms with Crippen LogP contribution in [0.1, 0.15) is 12.5 Å². The molecule has 2 aromatic carbocycles. The molecule has 1 saturated heterocycles. The Hall–Kier alpha value is -2.79. The molecule has 3 atom stereocenters. The summed E-state index contributed by atoms with van der Waals surface area (Å²) in [6, 6.07) is 11.2. The van der Waals surface area contributed by atoms with Gasteiger partial charge in [-0.15, -0.1) is 0 Å². The van der Waals surface area contributed by atoms with Crippen LogP contribution in [0.2, 0.25) is 5.02 Å². The summed E-state index contributed by atoms with van der Waals surface area (Å²) in [7, 11) is 3.02. The first kappa shape index (κ1) is 24.3. The number of carbonyl (C=O) groups excluding carboxylic acids is 1. The van der Waals surface area contributed by atoms with Crippen LogP contribution in [0.25, 0.3) is 0 Å². The molecule has 34 heavy (non-hydrogen) atoms. The first-order valence-corrected chi connectivity index (χ1v) is 12.1. The molecule has 0 aromatic heterocycles. The highest BCUT2D eigenvalue weighted by atomic mass is 35.5. The fraction of sp³-hybridized carbons (Fsp3) is 0.348. The molecule has 0 spiro atoms. The van der Waals surface area contributed by atoms with E-state index >= 15 is 0 Å². The molecule has 1 fully saturated rings. The van der Waals surface area contributed by atoms with Gasteiger partial charge in [-0.2, -0.15) is 0 Å². The third-order valence-electron chi connectivity index (χ3n) is 5.68. The number of methoxy groups -OCH3 is 2. The fourth-order valence-electron chi connectivity index (χ4n) is 3.99. The first-order valence-electron chi connectivity index (χ1n) is 10.7. The molecule has 11 heteroatoms. The second-order valence-electron chi connectivity index (χ2n) is 8.04. The Morgan fingerprint density at radius 3 is 2.71 bits per heavy atom. The number of aliphatic imine (C=N–C) groups is 1. The van der Waals surface area contributed by atoms with Gasteiger partial charge in [-0.1, -0.05) is 35.5 Å². The zero-order chi connectivity index (χ0) is 24.4. The minimum atomic E-state index is -0.269. The van der Waals surface area contributed by atoms with Gasteiger partial charge < -0.3 is 14.8 Å². The number of carbonyl (C=O) groups is 1. The van der Waals surface area contributed by atoms with E-state index in [9.17, 15) is 4.79 Å². The molecule has 2 aliphatic heterocycles. The summed E-state index contributed by atoms with van der Waals surface area (Å²) in [6.45, 7) is 4.03. The van der Waals surface area contributed by atoms with Crippen LogP contribution in [-0.4, -0.2) is 49.1 Å². The lowest BCUT2D eigenvalue weighted by Gasteiger charge is -2.36. The number of amidine groups is 2. The summed E-state index contributed by atoms with van der Waals surface area (Å²) in [5.74, 6) is 1.04. The monoisotopic (exact) mass is 502 g/mol. The fourth-order valence-corrected chi connectivity index (χ4v) is 5.08. The Kier molecular flexibility index (Phi) is 7.32. The number of rotatable bonds is 6. The highest BCUT2D eigenvalue weighted by Crippen LogP contribution is 2.36. The van der Waals surface area contributed by atoms with Gasteiger partial charge in [-0.25, -0.2) is 10.4 Å². The van der Waals surface area contributed by atoms with Crippen molar-refractivity contribution in [2.45, 2.75) is 26.1 Å². The number of nitrogens with one attached hydrogen (secondary N) is 4. The molecule has 4 rings (SSSR count). The van der Waals surface area contributed by atoms with E-state index in [1.807, 2.05) is 43.0 Å². The molecule has 2 heterocycles. The number of anilines is 2. The maximum absolute atomic E-state index is 12.8. The minimum Gasteiger partial charge on any atom is -0.495 e. The number of thioether (sulfide) groups is 1. The van der Waals surface area contributed by atoms with Crippen LogP contribution in [-0.2, 0) is 4.79 Å². The standard InChI is InChI=1S/C23H27ClN6O3S/c1-12-6-5-7-14(8-12)30-21(25)20-13(2)28-29-22(20)27-23(30)34-11-19(31)26-16-9-15(24)17(32-3)10-18(16)33-4/h5-10,13,20,22,25,28-29H,11H2,1-4H3,(H,26,31). The van der Waals surface area contributed by atoms with Gasteiger partial charge in [0, 0.05) is 17.8 Å². The number of nitrogens with zero attached hydrogens (tertiary/aromatic N) is 2. The Bertz CT molecular complexity index is 1140. The largest absolute Gasteiger partial charge is 0.495 e. The summed E-state index contributed by atoms with van der Waals surface area (Å²) in [4.78, 5) is 19.5. The first-order chi connectivity index (χ1) is 16.3. The highest BCUT2D eigenvalue weighted by molar-refractivity contribution is 8.14. The summed E-state index contributed by atoms with van der Waals surface area (Å²) in [5, 5.41) is 12.7. The van der Waals surface area contributed by atoms with Gasteiger partial charge in [-0.05, 0) is 37.6 Å². The third-order valence-corrected chi connectivity index (χ3v) is 6.92. The number of hydrazine groups is 1. The zero-order valence-electron chi connectivity index (χ0n) is 19.3. The van der Waals surface area contributed by atoms with E-state index in [0.717, 1.165) is 11.3 Å². The van der Waals surface area contributed by atoms with Crippen LogP contribution in [0.15, 0.2) is 41.4 Å². The average Bonchev–Trinajstić information content (AvgIpc) is 3.18. The van der Waals surface area contributed by atoms with Gasteiger partial charge in [0.05, 0.1) is 36.6 Å². The summed E-state index contributed by atoms with van der Waals surface area (Å²) < 4.78 is 10.6. The van der Waals surface area contributed by atoms with Crippen molar-refractivity contribution in [1.29, 1.82) is 5.41 Å². The number of ether oxygens (including phenoxy) is 2. The minimum absolute atomic E-state index is 0.0516. The second-order valence-corrected chi connectivity index (χ2v) is 9.39. The van der Waals surface area contributed by atoms with Crippen molar-refractivity contribution in [3.05, 3.63) is 47.0 Å². The predicted octanol–water partition coefficient (Wildman–Crippen LogP) is 3.63. The molecule has 2 aliphatic rings. The SMILES string of the molecule is COc1cc(OC)c(NC(=O)CSC2=NC3NNC(C)C3C(=N)N2c2cccc(C)c2)cc1Cl. The number of benzene rings is 2. The molecule has 1 amide bonds. The number of hydrogen-bond acceptors (Lipinski definition) is 8. The van der Waals surface area contributed by atoms with Gasteiger partial charge in [-0.3, -0.25) is 20.5 Å². The van der Waals surface area contributed by atoms with Crippen LogP contribution < -0.4 is 30.5 Å². The Labute approximate surface area is 207 Å². The third kappa shape index (κ3) is 4.85. The molecule has 0 saturated carbocycles. The normalized spacial score (nSPS) is 21.7. The molecular weight excluding hydrogens is 476 g/mol. The van der Waals surface area contributed by atoms with E-state index in [1.165, 1.54) is 26.0 Å². The summed E-state index contributed by atoms with van der Waals surface area (Å²) >= 11 is 7.49. The topological polar surface area (TPSA) is 111 Å². The molecule has 9 nitrogen and oxygen atoms in total. The number of amides is 1. The lowest BCUT2D eigenvalue weighted by atomic mass is 9.97. The van der Waals surface area contributed by atoms with Crippen molar-refractivity contribution in [2.24, 2.45) is 10.9 Å². The van der Waals surface area contributed by atoms with Crippen LogP contribution in [0.4, 0.5) is 11.4 Å². The van der Waals surface area contributed by atoms with Crippen molar-refractivity contribution in [3.63, 3.8) is 0 Å². The Balaban J connectivity index is 1.54. The average molecular weight is 503 g/mol. The Morgan fingerprint density at radius 2 is 2.00 bits per heavy atom. The number of fused-ring (bicyclic) bond motifs is 1. The van der Waals surface area contributed by atoms with Crippen LogP contribution >= 0.6 is 23.4 Å². The molecule has 3 unspecified atom stereocenters. The predicted molar refractivity (Wildman–Crippen MR) is 137 cm³/mol. The molecule has 4 N–H and O–H groups in total. The molecule has 0 bridgehead atoms. The Morgan fingerprint density at radius 1 is 1.24 bits per heavy atom. The van der Waals surface area contributed by atoms with Crippen molar-refractivity contribution in [3.8, 4) is 11.5 Å². The van der Waals surface area contributed by atoms with Crippen molar-refractivity contribution < 1.29 is 14.3 Å². The molecule has 2 aromatic rings. The van der Waals surface area contributed by atoms with Crippen molar-refractivity contribution in [1.82, 2.24) is 10.9 Å². The van der Waals surface area contributed by atoms with Gasteiger partial charge >= 0.3 is 0 Å². The van der Waals surface area contributed by atoms with Crippen LogP contribution in [0.5, 0.6) is 11.5 Å². The molecule has 0 radical (unpaired) electrons. The lowest BCUT2D eigenvalue weighted by Crippen LogP contribution is -2.50. The molecular formula is C23H27ClN6O3S. The second kappa shape index (κ2) is 10.2. The number of halogens is 1. The highest BCUT2D eigenvalue weighted by Gasteiger charge is 2.43. The quantitative estimate of drug-likeness (QED) is 0.477. The smallest absolute Gasteiger partial charge is 0.234 e. The summed E-state index contributed by atoms with van der Waals surface area (Å²) in [5.41, 5.74) is 8.69. The van der Waals surface area contributed by atoms with Gasteiger partial charge in [0.1, 0.15) is 23.5 Å². The van der Waals surface area contributed by atoms with Gasteiger partial charge in [0.25, 0.3) is 0 Å². The van der Waals surface area contributed by atoms with Gasteiger partial charge in [0.15, 0.2) is 5.17 Å². The van der Waals surface area contributed by atoms with Crippen molar-refractivity contribution >= 4 is 51.6 Å². The van der Waals surface area contributed by atoms with Gasteiger partial charge in [0.2, 0.25) is 5.91 Å². The van der Waals surface area contributed by atoms with E-state index < -0.39 is 0 Å².